The summed E-state index contributed by atoms with van der Waals surface area (Å²) in [5, 5.41) is 5.48. The number of pyridine rings is 1. The lowest BCUT2D eigenvalue weighted by Gasteiger charge is -2.27. The Hall–Kier alpha value is -3.74. The summed E-state index contributed by atoms with van der Waals surface area (Å²) in [6.07, 6.45) is -0.546. The SMILES string of the molecule is Cc1nn(-c2ccccc2)c2nc3c(cc12)CN(Cc1ccccc1F)C(=O)O3. The van der Waals surface area contributed by atoms with E-state index in [9.17, 15) is 9.18 Å². The van der Waals surface area contributed by atoms with Crippen LogP contribution in [0.25, 0.3) is 16.7 Å². The summed E-state index contributed by atoms with van der Waals surface area (Å²) < 4.78 is 21.2. The summed E-state index contributed by atoms with van der Waals surface area (Å²) in [4.78, 5) is 18.5. The van der Waals surface area contributed by atoms with E-state index in [1.807, 2.05) is 43.3 Å². The maximum absolute atomic E-state index is 14.0. The summed E-state index contributed by atoms with van der Waals surface area (Å²) in [6, 6.07) is 18.0. The number of hydrogen-bond donors (Lipinski definition) is 0. The molecule has 0 saturated carbocycles. The Labute approximate surface area is 166 Å². The van der Waals surface area contributed by atoms with Crippen molar-refractivity contribution in [2.24, 2.45) is 0 Å². The van der Waals surface area contributed by atoms with Gasteiger partial charge in [-0.15, -0.1) is 0 Å². The van der Waals surface area contributed by atoms with Crippen LogP contribution in [0.1, 0.15) is 16.8 Å². The zero-order valence-corrected chi connectivity index (χ0v) is 15.7. The predicted octanol–water partition coefficient (Wildman–Crippen LogP) is 4.38. The van der Waals surface area contributed by atoms with Crippen LogP contribution in [-0.4, -0.2) is 25.8 Å². The van der Waals surface area contributed by atoms with Gasteiger partial charge in [0, 0.05) is 16.5 Å². The van der Waals surface area contributed by atoms with Crippen LogP contribution in [0.3, 0.4) is 0 Å². The van der Waals surface area contributed by atoms with E-state index >= 15 is 0 Å². The van der Waals surface area contributed by atoms with Crippen LogP contribution in [0.4, 0.5) is 9.18 Å². The normalized spacial score (nSPS) is 13.4. The molecule has 2 aromatic carbocycles. The fourth-order valence-corrected chi connectivity index (χ4v) is 3.53. The Bertz CT molecular complexity index is 1240. The lowest BCUT2D eigenvalue weighted by Crippen LogP contribution is -2.37. The van der Waals surface area contributed by atoms with E-state index in [4.69, 9.17) is 4.74 Å². The lowest BCUT2D eigenvalue weighted by molar-refractivity contribution is 0.132. The van der Waals surface area contributed by atoms with Crippen molar-refractivity contribution < 1.29 is 13.9 Å². The van der Waals surface area contributed by atoms with Crippen LogP contribution in [0.15, 0.2) is 60.7 Å². The van der Waals surface area contributed by atoms with Crippen LogP contribution in [0.5, 0.6) is 5.88 Å². The number of amides is 1. The first-order valence-corrected chi connectivity index (χ1v) is 9.25. The van der Waals surface area contributed by atoms with Crippen molar-refractivity contribution in [3.8, 4) is 11.6 Å². The molecule has 6 nitrogen and oxygen atoms in total. The van der Waals surface area contributed by atoms with Gasteiger partial charge in [0.2, 0.25) is 5.88 Å². The van der Waals surface area contributed by atoms with Gasteiger partial charge in [0.05, 0.1) is 24.5 Å². The quantitative estimate of drug-likeness (QED) is 0.523. The molecule has 1 amide bonds. The molecule has 29 heavy (non-hydrogen) atoms. The second-order valence-corrected chi connectivity index (χ2v) is 6.97. The van der Waals surface area contributed by atoms with Crippen molar-refractivity contribution in [3.05, 3.63) is 83.3 Å². The summed E-state index contributed by atoms with van der Waals surface area (Å²) in [5.74, 6) is -0.0796. The van der Waals surface area contributed by atoms with Crippen molar-refractivity contribution in [3.63, 3.8) is 0 Å². The zero-order chi connectivity index (χ0) is 20.0. The third-order valence-electron chi connectivity index (χ3n) is 5.01. The molecule has 2 aromatic heterocycles. The van der Waals surface area contributed by atoms with Crippen LogP contribution in [0.2, 0.25) is 0 Å². The summed E-state index contributed by atoms with van der Waals surface area (Å²) in [7, 11) is 0. The molecule has 0 bridgehead atoms. The third kappa shape index (κ3) is 3.00. The Kier molecular flexibility index (Phi) is 4.01. The second kappa shape index (κ2) is 6.70. The molecule has 0 unspecified atom stereocenters. The molecule has 7 heteroatoms. The minimum atomic E-state index is -0.546. The van der Waals surface area contributed by atoms with Gasteiger partial charge < -0.3 is 4.74 Å². The number of fused-ring (bicyclic) bond motifs is 2. The van der Waals surface area contributed by atoms with Gasteiger partial charge in [-0.1, -0.05) is 36.4 Å². The first-order valence-electron chi connectivity index (χ1n) is 9.25. The van der Waals surface area contributed by atoms with E-state index in [0.717, 1.165) is 22.3 Å². The van der Waals surface area contributed by atoms with Crippen molar-refractivity contribution in [2.75, 3.05) is 0 Å². The van der Waals surface area contributed by atoms with E-state index in [-0.39, 0.29) is 18.2 Å². The van der Waals surface area contributed by atoms with E-state index in [1.54, 1.807) is 22.9 Å². The largest absolute Gasteiger partial charge is 0.417 e. The molecule has 3 heterocycles. The topological polar surface area (TPSA) is 60.2 Å². The first-order chi connectivity index (χ1) is 14.1. The molecule has 5 rings (SSSR count). The van der Waals surface area contributed by atoms with Crippen LogP contribution in [-0.2, 0) is 13.1 Å². The molecule has 0 fully saturated rings. The highest BCUT2D eigenvalue weighted by atomic mass is 19.1. The van der Waals surface area contributed by atoms with E-state index in [0.29, 0.717) is 17.8 Å². The van der Waals surface area contributed by atoms with Crippen molar-refractivity contribution in [1.82, 2.24) is 19.7 Å². The Morgan fingerprint density at radius 3 is 2.66 bits per heavy atom. The molecule has 144 valence electrons. The third-order valence-corrected chi connectivity index (χ3v) is 5.01. The molecular weight excluding hydrogens is 371 g/mol. The van der Waals surface area contributed by atoms with Gasteiger partial charge in [-0.2, -0.15) is 10.1 Å². The van der Waals surface area contributed by atoms with Crippen LogP contribution in [0, 0.1) is 12.7 Å². The number of nitrogens with zero attached hydrogens (tertiary/aromatic N) is 4. The number of carbonyl (C=O) groups is 1. The highest BCUT2D eigenvalue weighted by Crippen LogP contribution is 2.31. The molecule has 0 saturated heterocycles. The number of halogens is 1. The number of ether oxygens (including phenoxy) is 1. The highest BCUT2D eigenvalue weighted by molar-refractivity contribution is 5.83. The van der Waals surface area contributed by atoms with Gasteiger partial charge in [0.25, 0.3) is 0 Å². The predicted molar refractivity (Wildman–Crippen MR) is 105 cm³/mol. The number of para-hydroxylation sites is 1. The minimum absolute atomic E-state index is 0.130. The minimum Gasteiger partial charge on any atom is -0.391 e. The summed E-state index contributed by atoms with van der Waals surface area (Å²) in [5.41, 5.74) is 3.54. The molecule has 1 aliphatic heterocycles. The number of aromatic nitrogens is 3. The number of rotatable bonds is 3. The fourth-order valence-electron chi connectivity index (χ4n) is 3.53. The molecule has 0 atom stereocenters. The highest BCUT2D eigenvalue weighted by Gasteiger charge is 2.28. The Balaban J connectivity index is 1.53. The monoisotopic (exact) mass is 388 g/mol. The van der Waals surface area contributed by atoms with Crippen molar-refractivity contribution in [1.29, 1.82) is 0 Å². The number of aryl methyl sites for hydroxylation is 1. The van der Waals surface area contributed by atoms with Crippen molar-refractivity contribution >= 4 is 17.1 Å². The molecule has 0 spiro atoms. The smallest absolute Gasteiger partial charge is 0.391 e. The first kappa shape index (κ1) is 17.4. The number of carbonyl (C=O) groups excluding carboxylic acids is 1. The Morgan fingerprint density at radius 2 is 1.86 bits per heavy atom. The van der Waals surface area contributed by atoms with Gasteiger partial charge in [-0.3, -0.25) is 4.90 Å². The van der Waals surface area contributed by atoms with Gasteiger partial charge in [-0.25, -0.2) is 13.9 Å². The van der Waals surface area contributed by atoms with Crippen molar-refractivity contribution in [2.45, 2.75) is 20.0 Å². The molecule has 0 radical (unpaired) electrons. The fraction of sp³-hybridized carbons (Fsp3) is 0.136. The van der Waals surface area contributed by atoms with E-state index in [1.165, 1.54) is 11.0 Å². The van der Waals surface area contributed by atoms with E-state index in [2.05, 4.69) is 10.1 Å². The average Bonchev–Trinajstić information content (AvgIpc) is 3.05. The van der Waals surface area contributed by atoms with Gasteiger partial charge in [0.15, 0.2) is 5.65 Å². The van der Waals surface area contributed by atoms with Crippen LogP contribution >= 0.6 is 0 Å². The maximum Gasteiger partial charge on any atom is 0.417 e. The standard InChI is InChI=1S/C22H17FN4O2/c1-14-18-11-16-13-26(12-15-7-5-6-10-19(15)23)22(28)29-21(16)24-20(18)27(25-14)17-8-3-2-4-9-17/h2-11H,12-13H2,1H3. The van der Waals surface area contributed by atoms with E-state index < -0.39 is 6.09 Å². The van der Waals surface area contributed by atoms with Gasteiger partial charge in [-0.05, 0) is 31.2 Å². The number of benzene rings is 2. The molecule has 0 aliphatic carbocycles. The number of hydrogen-bond acceptors (Lipinski definition) is 4. The second-order valence-electron chi connectivity index (χ2n) is 6.97. The average molecular weight is 388 g/mol. The van der Waals surface area contributed by atoms with Gasteiger partial charge in [0.1, 0.15) is 5.82 Å². The molecular formula is C22H17FN4O2. The maximum atomic E-state index is 14.0. The molecule has 4 aromatic rings. The zero-order valence-electron chi connectivity index (χ0n) is 15.7. The van der Waals surface area contributed by atoms with Crippen LogP contribution < -0.4 is 4.74 Å². The lowest BCUT2D eigenvalue weighted by atomic mass is 10.1. The summed E-state index contributed by atoms with van der Waals surface area (Å²) >= 11 is 0. The molecule has 0 N–H and O–H groups in total. The Morgan fingerprint density at radius 1 is 1.10 bits per heavy atom. The summed E-state index contributed by atoms with van der Waals surface area (Å²) in [6.45, 7) is 2.34. The van der Waals surface area contributed by atoms with Gasteiger partial charge >= 0.3 is 6.09 Å². The molecule has 1 aliphatic rings.